The van der Waals surface area contributed by atoms with Gasteiger partial charge in [0.05, 0.1) is 17.5 Å². The molecule has 0 radical (unpaired) electrons. The van der Waals surface area contributed by atoms with Gasteiger partial charge in [-0.25, -0.2) is 9.97 Å². The Balaban J connectivity index is 2.31. The predicted octanol–water partition coefficient (Wildman–Crippen LogP) is 2.59. The summed E-state index contributed by atoms with van der Waals surface area (Å²) in [6, 6.07) is 7.72. The number of pyridine rings is 1. The van der Waals surface area contributed by atoms with Crippen molar-refractivity contribution in [1.82, 2.24) is 14.5 Å². The molecular weight excluding hydrogens is 280 g/mol. The third-order valence-electron chi connectivity index (χ3n) is 3.71. The van der Waals surface area contributed by atoms with E-state index < -0.39 is 5.97 Å². The highest BCUT2D eigenvalue weighted by molar-refractivity contribution is 6.06. The van der Waals surface area contributed by atoms with E-state index >= 15 is 0 Å². The number of fused-ring (bicyclic) bond motifs is 3. The Labute approximate surface area is 127 Å². The molecule has 3 aromatic rings. The maximum atomic E-state index is 11.0. The second kappa shape index (κ2) is 5.63. The summed E-state index contributed by atoms with van der Waals surface area (Å²) in [4.78, 5) is 20.0. The molecule has 3 N–H and O–H groups in total. The molecule has 0 aliphatic heterocycles. The van der Waals surface area contributed by atoms with Crippen LogP contribution in [-0.2, 0) is 17.8 Å². The standard InChI is InChI=1S/C16H18N4O2/c1-2-5-12-19-14-15(20(12)9-8-13(21)22)10-6-3-4-7-11(10)18-16(14)17/h3-4,6-7H,2,5,8-9H2,1H3,(H2,17,18)(H,21,22). The monoisotopic (exact) mass is 298 g/mol. The Morgan fingerprint density at radius 3 is 2.82 bits per heavy atom. The number of carbonyl (C=O) groups is 1. The molecule has 0 aliphatic carbocycles. The minimum atomic E-state index is -0.823. The molecule has 22 heavy (non-hydrogen) atoms. The van der Waals surface area contributed by atoms with Crippen LogP contribution in [0.4, 0.5) is 5.82 Å². The van der Waals surface area contributed by atoms with Gasteiger partial charge < -0.3 is 15.4 Å². The van der Waals surface area contributed by atoms with Gasteiger partial charge in [0.2, 0.25) is 0 Å². The molecule has 0 spiro atoms. The second-order valence-electron chi connectivity index (χ2n) is 5.28. The van der Waals surface area contributed by atoms with Gasteiger partial charge in [-0.3, -0.25) is 4.79 Å². The van der Waals surface area contributed by atoms with Crippen LogP contribution < -0.4 is 5.73 Å². The summed E-state index contributed by atoms with van der Waals surface area (Å²) in [7, 11) is 0. The lowest BCUT2D eigenvalue weighted by Crippen LogP contribution is -2.08. The number of aromatic nitrogens is 3. The van der Waals surface area contributed by atoms with Gasteiger partial charge in [0.1, 0.15) is 11.3 Å². The molecule has 0 fully saturated rings. The SMILES string of the molecule is CCCc1nc2c(N)nc3ccccc3c2n1CCC(=O)O. The van der Waals surface area contributed by atoms with Gasteiger partial charge in [0, 0.05) is 18.4 Å². The number of anilines is 1. The van der Waals surface area contributed by atoms with Crippen molar-refractivity contribution in [3.63, 3.8) is 0 Å². The lowest BCUT2D eigenvalue weighted by molar-refractivity contribution is -0.137. The average molecular weight is 298 g/mol. The number of benzene rings is 1. The number of nitrogen functional groups attached to an aromatic ring is 1. The van der Waals surface area contributed by atoms with Crippen LogP contribution in [0, 0.1) is 0 Å². The summed E-state index contributed by atoms with van der Waals surface area (Å²) in [5.41, 5.74) is 8.39. The average Bonchev–Trinajstić information content (AvgIpc) is 2.85. The molecule has 0 unspecified atom stereocenters. The van der Waals surface area contributed by atoms with E-state index in [9.17, 15) is 4.79 Å². The molecule has 0 aliphatic rings. The topological polar surface area (TPSA) is 94.0 Å². The van der Waals surface area contributed by atoms with E-state index in [1.54, 1.807) is 0 Å². The number of imidazole rings is 1. The van der Waals surface area contributed by atoms with E-state index in [1.165, 1.54) is 0 Å². The first-order chi connectivity index (χ1) is 10.6. The molecule has 6 nitrogen and oxygen atoms in total. The molecule has 0 saturated heterocycles. The van der Waals surface area contributed by atoms with Crippen LogP contribution in [0.2, 0.25) is 0 Å². The molecule has 0 saturated carbocycles. The quantitative estimate of drug-likeness (QED) is 0.755. The van der Waals surface area contributed by atoms with E-state index in [0.717, 1.165) is 35.1 Å². The van der Waals surface area contributed by atoms with Crippen molar-refractivity contribution in [2.75, 3.05) is 5.73 Å². The maximum absolute atomic E-state index is 11.0. The second-order valence-corrected chi connectivity index (χ2v) is 5.28. The third-order valence-corrected chi connectivity index (χ3v) is 3.71. The van der Waals surface area contributed by atoms with Crippen molar-refractivity contribution < 1.29 is 9.90 Å². The molecule has 0 amide bonds. The van der Waals surface area contributed by atoms with E-state index in [2.05, 4.69) is 16.9 Å². The fraction of sp³-hybridized carbons (Fsp3) is 0.312. The van der Waals surface area contributed by atoms with Crippen molar-refractivity contribution in [2.24, 2.45) is 0 Å². The fourth-order valence-electron chi connectivity index (χ4n) is 2.77. The summed E-state index contributed by atoms with van der Waals surface area (Å²) < 4.78 is 1.98. The summed E-state index contributed by atoms with van der Waals surface area (Å²) >= 11 is 0. The Hall–Kier alpha value is -2.63. The normalized spacial score (nSPS) is 11.3. The molecule has 1 aromatic carbocycles. The lowest BCUT2D eigenvalue weighted by atomic mass is 10.2. The zero-order valence-corrected chi connectivity index (χ0v) is 12.4. The molecule has 2 heterocycles. The first-order valence-electron chi connectivity index (χ1n) is 7.37. The number of carboxylic acid groups (broad SMARTS) is 1. The number of carboxylic acids is 1. The summed E-state index contributed by atoms with van der Waals surface area (Å²) in [6.45, 7) is 2.45. The third kappa shape index (κ3) is 2.36. The van der Waals surface area contributed by atoms with Crippen molar-refractivity contribution in [3.8, 4) is 0 Å². The maximum Gasteiger partial charge on any atom is 0.305 e. The molecule has 2 aromatic heterocycles. The number of hydrogen-bond acceptors (Lipinski definition) is 4. The van der Waals surface area contributed by atoms with Crippen molar-refractivity contribution >= 4 is 33.7 Å². The van der Waals surface area contributed by atoms with Crippen molar-refractivity contribution in [3.05, 3.63) is 30.1 Å². The molecule has 3 rings (SSSR count). The highest BCUT2D eigenvalue weighted by Gasteiger charge is 2.17. The molecule has 114 valence electrons. The number of aliphatic carboxylic acids is 1. The number of aryl methyl sites for hydroxylation is 2. The Morgan fingerprint density at radius 2 is 2.09 bits per heavy atom. The summed E-state index contributed by atoms with van der Waals surface area (Å²) in [5, 5.41) is 9.95. The fourth-order valence-corrected chi connectivity index (χ4v) is 2.77. The smallest absolute Gasteiger partial charge is 0.305 e. The minimum absolute atomic E-state index is 0.0543. The molecule has 0 bridgehead atoms. The zero-order chi connectivity index (χ0) is 15.7. The number of nitrogens with two attached hydrogens (primary N) is 1. The van der Waals surface area contributed by atoms with Crippen LogP contribution in [0.3, 0.4) is 0 Å². The molecule has 0 atom stereocenters. The van der Waals surface area contributed by atoms with Gasteiger partial charge in [0.15, 0.2) is 5.82 Å². The van der Waals surface area contributed by atoms with Crippen LogP contribution in [-0.4, -0.2) is 25.6 Å². The number of para-hydroxylation sites is 1. The Kier molecular flexibility index (Phi) is 3.66. The number of hydrogen-bond donors (Lipinski definition) is 2. The van der Waals surface area contributed by atoms with Gasteiger partial charge in [-0.15, -0.1) is 0 Å². The van der Waals surface area contributed by atoms with Crippen LogP contribution >= 0.6 is 0 Å². The summed E-state index contributed by atoms with van der Waals surface area (Å²) in [6.07, 6.45) is 1.77. The highest BCUT2D eigenvalue weighted by atomic mass is 16.4. The molecular formula is C16H18N4O2. The van der Waals surface area contributed by atoms with Gasteiger partial charge in [-0.2, -0.15) is 0 Å². The number of nitrogens with zero attached hydrogens (tertiary/aromatic N) is 3. The number of rotatable bonds is 5. The lowest BCUT2D eigenvalue weighted by Gasteiger charge is -2.09. The first kappa shape index (κ1) is 14.3. The van der Waals surface area contributed by atoms with E-state index in [-0.39, 0.29) is 6.42 Å². The summed E-state index contributed by atoms with van der Waals surface area (Å²) in [5.74, 6) is 0.430. The van der Waals surface area contributed by atoms with Crippen LogP contribution in [0.1, 0.15) is 25.6 Å². The van der Waals surface area contributed by atoms with Crippen molar-refractivity contribution in [2.45, 2.75) is 32.7 Å². The van der Waals surface area contributed by atoms with Crippen LogP contribution in [0.15, 0.2) is 24.3 Å². The first-order valence-corrected chi connectivity index (χ1v) is 7.37. The zero-order valence-electron chi connectivity index (χ0n) is 12.4. The van der Waals surface area contributed by atoms with Gasteiger partial charge in [-0.05, 0) is 12.5 Å². The molecule has 6 heteroatoms. The van der Waals surface area contributed by atoms with Gasteiger partial charge >= 0.3 is 5.97 Å². The minimum Gasteiger partial charge on any atom is -0.481 e. The van der Waals surface area contributed by atoms with Crippen molar-refractivity contribution in [1.29, 1.82) is 0 Å². The Morgan fingerprint density at radius 1 is 1.32 bits per heavy atom. The van der Waals surface area contributed by atoms with Gasteiger partial charge in [0.25, 0.3) is 0 Å². The largest absolute Gasteiger partial charge is 0.481 e. The van der Waals surface area contributed by atoms with E-state index in [0.29, 0.717) is 17.9 Å². The predicted molar refractivity (Wildman–Crippen MR) is 85.7 cm³/mol. The Bertz CT molecular complexity index is 854. The van der Waals surface area contributed by atoms with Crippen LogP contribution in [0.25, 0.3) is 21.9 Å². The van der Waals surface area contributed by atoms with E-state index in [1.807, 2.05) is 28.8 Å². The van der Waals surface area contributed by atoms with Crippen LogP contribution in [0.5, 0.6) is 0 Å². The van der Waals surface area contributed by atoms with Gasteiger partial charge in [-0.1, -0.05) is 25.1 Å². The van der Waals surface area contributed by atoms with E-state index in [4.69, 9.17) is 10.8 Å². The highest BCUT2D eigenvalue weighted by Crippen LogP contribution is 2.29.